The van der Waals surface area contributed by atoms with Crippen molar-refractivity contribution in [2.45, 2.75) is 69.8 Å². The van der Waals surface area contributed by atoms with Gasteiger partial charge in [0, 0.05) is 11.6 Å². The number of nitrogens with one attached hydrogen (secondary N) is 1. The third-order valence-corrected chi connectivity index (χ3v) is 12.6. The van der Waals surface area contributed by atoms with Crippen molar-refractivity contribution in [3.63, 3.8) is 0 Å². The number of aromatic amines is 1. The smallest absolute Gasteiger partial charge is 0.481 e. The molecule has 326 valence electrons. The number of aromatic hydroxyl groups is 1. The van der Waals surface area contributed by atoms with E-state index in [-0.39, 0.29) is 40.8 Å². The molecule has 25 nitrogen and oxygen atoms in total. The van der Waals surface area contributed by atoms with Crippen LogP contribution >= 0.6 is 15.6 Å². The molecule has 7 rings (SSSR count). The van der Waals surface area contributed by atoms with Gasteiger partial charge in [-0.3, -0.25) is 23.4 Å². The number of aromatic nitrogens is 8. The number of hydrogen-bond acceptors (Lipinski definition) is 19. The molecule has 9 atom stereocenters. The van der Waals surface area contributed by atoms with Gasteiger partial charge in [0.2, 0.25) is 11.3 Å². The van der Waals surface area contributed by atoms with Crippen molar-refractivity contribution >= 4 is 43.7 Å². The Hall–Kier alpha value is -5.11. The molecular weight excluding hydrogens is 852 g/mol. The highest BCUT2D eigenvalue weighted by Crippen LogP contribution is 2.60. The zero-order valence-electron chi connectivity index (χ0n) is 31.9. The number of nitrogens with zero attached hydrogens (tertiary/aromatic N) is 7. The van der Waals surface area contributed by atoms with Crippen LogP contribution in [-0.4, -0.2) is 124 Å². The molecule has 1 saturated heterocycles. The minimum atomic E-state index is -5.59. The molecule has 61 heavy (non-hydrogen) atoms. The highest BCUT2D eigenvalue weighted by molar-refractivity contribution is 7.61. The van der Waals surface area contributed by atoms with Crippen molar-refractivity contribution in [1.29, 1.82) is 0 Å². The lowest BCUT2D eigenvalue weighted by Crippen LogP contribution is -2.48. The molecule has 1 fully saturated rings. The molecule has 0 radical (unpaired) electrons. The molecule has 0 amide bonds. The molecule has 0 aliphatic carbocycles. The summed E-state index contributed by atoms with van der Waals surface area (Å²) in [7, 11) is -11.1. The molecule has 2 aromatic carbocycles. The number of imidazole rings is 1. The number of nitrogen functional groups attached to an aromatic ring is 1. The molecule has 3 aliphatic heterocycles. The van der Waals surface area contributed by atoms with E-state index in [9.17, 15) is 59.1 Å². The molecule has 27 heteroatoms. The average molecular weight is 893 g/mol. The molecule has 3 aliphatic rings. The summed E-state index contributed by atoms with van der Waals surface area (Å²) in [5.74, 6) is -0.166. The standard InChI is InChI=1S/C34H39N9O16P2/c1-15-7-19-20(8-16(15)2)42(31-25(32(50)40-34(51)39-31)41(19)9-17-3-5-18(44)6-4-17)10-21(45)26(47)22(46)11-56-60(52,53)59-61(54,55)57-12-23-27(48)28(49)33(58-23)43-14-38-24-29(35)36-13-37-30(24)43/h3-8,13-14,21-23,26-28,33,45-49H,9-12H2,1-2H3,(H5-,35,36,37,40,44,50,51,52,53,54,55)/p+1. The number of aryl methyl sites for hydroxylation is 2. The summed E-state index contributed by atoms with van der Waals surface area (Å²) in [6.07, 6.45) is -10.1. The van der Waals surface area contributed by atoms with Crippen molar-refractivity contribution in [2.75, 3.05) is 18.9 Å². The van der Waals surface area contributed by atoms with E-state index in [1.54, 1.807) is 35.8 Å². The number of phosphoric ester groups is 2. The Morgan fingerprint density at radius 1 is 0.967 bits per heavy atom. The van der Waals surface area contributed by atoms with E-state index in [0.717, 1.165) is 17.5 Å². The van der Waals surface area contributed by atoms with Crippen LogP contribution in [0.2, 0.25) is 0 Å². The van der Waals surface area contributed by atoms with Crippen LogP contribution in [0.15, 0.2) is 58.6 Å². The monoisotopic (exact) mass is 892 g/mol. The molecule has 4 aromatic rings. The van der Waals surface area contributed by atoms with E-state index >= 15 is 0 Å². The SMILES string of the molecule is Cc1cc2c(cc1C)[n+](Cc1ccc(O)cc1)c1c(=O)[nH]c(=O)nc-1n2CC(O)C(O)C(O)COP(=O)(O)OP(=O)(O)OCC1OC(n2cnc3c(N)ncnc32)C(O)C1O. The minimum Gasteiger partial charge on any atom is -0.508 e. The van der Waals surface area contributed by atoms with Gasteiger partial charge in [-0.05, 0) is 55.3 Å². The lowest BCUT2D eigenvalue weighted by Gasteiger charge is -2.26. The van der Waals surface area contributed by atoms with Gasteiger partial charge in [0.15, 0.2) is 24.2 Å². The highest BCUT2D eigenvalue weighted by atomic mass is 31.3. The Balaban J connectivity index is 1.02. The van der Waals surface area contributed by atoms with Gasteiger partial charge >= 0.3 is 32.6 Å². The Bertz CT molecular complexity index is 2790. The van der Waals surface area contributed by atoms with Gasteiger partial charge < -0.3 is 55.5 Å². The highest BCUT2D eigenvalue weighted by Gasteiger charge is 2.46. The molecule has 0 spiro atoms. The van der Waals surface area contributed by atoms with Gasteiger partial charge in [0.05, 0.1) is 26.1 Å². The quantitative estimate of drug-likeness (QED) is 0.0309. The van der Waals surface area contributed by atoms with Crippen molar-refractivity contribution in [1.82, 2.24) is 34.1 Å². The van der Waals surface area contributed by atoms with Gasteiger partial charge in [0.25, 0.3) is 0 Å². The van der Waals surface area contributed by atoms with E-state index in [1.165, 1.54) is 27.6 Å². The van der Waals surface area contributed by atoms with Gasteiger partial charge in [0.1, 0.15) is 59.7 Å². The number of ether oxygens (including phenoxy) is 1. The maximum Gasteiger partial charge on any atom is 0.481 e. The van der Waals surface area contributed by atoms with Crippen LogP contribution in [0.4, 0.5) is 5.82 Å². The molecule has 9 unspecified atom stereocenters. The van der Waals surface area contributed by atoms with Crippen LogP contribution in [0.25, 0.3) is 33.7 Å². The molecule has 11 N–H and O–H groups in total. The van der Waals surface area contributed by atoms with Crippen LogP contribution < -0.4 is 21.5 Å². The summed E-state index contributed by atoms with van der Waals surface area (Å²) in [6.45, 7) is 0.854. The number of phosphoric acid groups is 2. The van der Waals surface area contributed by atoms with Crippen molar-refractivity contribution < 1.29 is 72.2 Å². The molecule has 0 bridgehead atoms. The second kappa shape index (κ2) is 17.0. The Morgan fingerprint density at radius 3 is 2.38 bits per heavy atom. The first kappa shape index (κ1) is 44.0. The first-order valence-corrected chi connectivity index (χ1v) is 21.1. The van der Waals surface area contributed by atoms with E-state index < -0.39 is 89.5 Å². The molecular formula is C34H40N9O16P2+. The number of fused-ring (bicyclic) bond motifs is 3. The first-order chi connectivity index (χ1) is 28.7. The fourth-order valence-corrected chi connectivity index (χ4v) is 8.87. The second-order valence-electron chi connectivity index (χ2n) is 14.2. The van der Waals surface area contributed by atoms with E-state index in [2.05, 4.69) is 33.8 Å². The number of phenols is 1. The van der Waals surface area contributed by atoms with Crippen LogP contribution in [0.1, 0.15) is 22.9 Å². The summed E-state index contributed by atoms with van der Waals surface area (Å²) in [5, 5.41) is 63.8. The van der Waals surface area contributed by atoms with Gasteiger partial charge in [-0.15, -0.1) is 0 Å². The number of anilines is 1. The van der Waals surface area contributed by atoms with Gasteiger partial charge in [-0.25, -0.2) is 28.9 Å². The summed E-state index contributed by atoms with van der Waals surface area (Å²) >= 11 is 0. The largest absolute Gasteiger partial charge is 0.508 e. The summed E-state index contributed by atoms with van der Waals surface area (Å²) in [6, 6.07) is 9.65. The van der Waals surface area contributed by atoms with Crippen LogP contribution in [0, 0.1) is 13.8 Å². The summed E-state index contributed by atoms with van der Waals surface area (Å²) in [4.78, 5) is 64.3. The Kier molecular flexibility index (Phi) is 12.2. The van der Waals surface area contributed by atoms with Gasteiger partial charge in [-0.1, -0.05) is 0 Å². The van der Waals surface area contributed by atoms with Gasteiger partial charge in [-0.2, -0.15) is 13.9 Å². The average Bonchev–Trinajstić information content (AvgIpc) is 3.75. The number of hydrogen-bond donors (Lipinski definition) is 10. The first-order valence-electron chi connectivity index (χ1n) is 18.1. The van der Waals surface area contributed by atoms with Crippen LogP contribution in [-0.2, 0) is 40.3 Å². The number of benzene rings is 2. The predicted molar refractivity (Wildman–Crippen MR) is 206 cm³/mol. The minimum absolute atomic E-state index is 0.0152. The third-order valence-electron chi connectivity index (χ3n) is 10.0. The van der Waals surface area contributed by atoms with E-state index in [4.69, 9.17) is 15.0 Å². The number of phenolic OH excluding ortho intramolecular Hbond substituents is 1. The number of aliphatic hydroxyl groups excluding tert-OH is 5. The fraction of sp³-hybridized carbons (Fsp3) is 0.382. The maximum absolute atomic E-state index is 13.4. The Labute approximate surface area is 342 Å². The lowest BCUT2D eigenvalue weighted by molar-refractivity contribution is -0.652. The zero-order chi connectivity index (χ0) is 44.1. The van der Waals surface area contributed by atoms with E-state index in [1.807, 2.05) is 6.92 Å². The Morgan fingerprint density at radius 2 is 1.66 bits per heavy atom. The number of rotatable bonds is 15. The van der Waals surface area contributed by atoms with Crippen molar-refractivity contribution in [2.24, 2.45) is 0 Å². The predicted octanol–water partition coefficient (Wildman–Crippen LogP) is -1.78. The number of H-pyrrole nitrogens is 1. The number of nitrogens with two attached hydrogens (primary N) is 1. The summed E-state index contributed by atoms with van der Waals surface area (Å²) in [5.41, 5.74) is 7.15. The lowest BCUT2D eigenvalue weighted by atomic mass is 10.1. The van der Waals surface area contributed by atoms with Crippen molar-refractivity contribution in [3.8, 4) is 17.3 Å². The fourth-order valence-electron chi connectivity index (χ4n) is 6.77. The topological polar surface area (TPSA) is 374 Å². The van der Waals surface area contributed by atoms with Crippen LogP contribution in [0.3, 0.4) is 0 Å². The molecule has 5 heterocycles. The normalized spacial score (nSPS) is 21.7. The van der Waals surface area contributed by atoms with Crippen molar-refractivity contribution in [3.05, 3.63) is 86.6 Å². The van der Waals surface area contributed by atoms with E-state index in [0.29, 0.717) is 16.6 Å². The zero-order valence-corrected chi connectivity index (χ0v) is 33.7. The number of aliphatic hydroxyl groups is 5. The molecule has 2 aromatic heterocycles. The third kappa shape index (κ3) is 9.10. The second-order valence-corrected chi connectivity index (χ2v) is 17.2. The maximum atomic E-state index is 13.4. The molecule has 0 saturated carbocycles. The summed E-state index contributed by atoms with van der Waals surface area (Å²) < 4.78 is 48.7. The van der Waals surface area contributed by atoms with Crippen LogP contribution in [0.5, 0.6) is 5.75 Å².